The fourth-order valence-corrected chi connectivity index (χ4v) is 5.75. The average molecular weight is 530 g/mol. The number of likely N-dealkylation sites (tertiary alicyclic amines) is 1. The molecule has 3 aliphatic heterocycles. The monoisotopic (exact) mass is 529 g/mol. The number of benzene rings is 1. The fraction of sp³-hybridized carbons (Fsp3) is 0.690. The molecule has 3 N–H and O–H groups in total. The Morgan fingerprint density at radius 3 is 2.39 bits per heavy atom. The van der Waals surface area contributed by atoms with E-state index in [0.29, 0.717) is 52.2 Å². The van der Waals surface area contributed by atoms with Gasteiger partial charge in [-0.3, -0.25) is 9.59 Å². The summed E-state index contributed by atoms with van der Waals surface area (Å²) in [5.74, 6) is 0.118. The first-order valence-electron chi connectivity index (χ1n) is 14.0. The highest BCUT2D eigenvalue weighted by Crippen LogP contribution is 2.34. The number of ether oxygens (including phenoxy) is 3. The Labute approximate surface area is 225 Å². The lowest BCUT2D eigenvalue weighted by Gasteiger charge is -2.37. The third kappa shape index (κ3) is 7.26. The van der Waals surface area contributed by atoms with Crippen LogP contribution in [0, 0.1) is 17.8 Å². The molecule has 38 heavy (non-hydrogen) atoms. The summed E-state index contributed by atoms with van der Waals surface area (Å²) >= 11 is 0. The molecule has 2 fully saturated rings. The van der Waals surface area contributed by atoms with Gasteiger partial charge in [0.05, 0.1) is 18.7 Å². The Balaban J connectivity index is 1.45. The van der Waals surface area contributed by atoms with Crippen LogP contribution in [-0.4, -0.2) is 67.2 Å². The van der Waals surface area contributed by atoms with Crippen LogP contribution in [0.25, 0.3) is 0 Å². The lowest BCUT2D eigenvalue weighted by molar-refractivity contribution is -0.133. The van der Waals surface area contributed by atoms with Crippen LogP contribution in [0.5, 0.6) is 5.75 Å². The maximum absolute atomic E-state index is 13.8. The number of Topliss-reactive ketones (excluding diaryl/α,β-unsaturated/α-hetero) is 1. The Morgan fingerprint density at radius 2 is 1.71 bits per heavy atom. The normalized spacial score (nSPS) is 22.5. The van der Waals surface area contributed by atoms with E-state index in [9.17, 15) is 14.4 Å². The fourth-order valence-electron chi connectivity index (χ4n) is 5.75. The number of piperidine rings is 1. The van der Waals surface area contributed by atoms with Gasteiger partial charge in [0.1, 0.15) is 11.4 Å². The van der Waals surface area contributed by atoms with Crippen LogP contribution >= 0.6 is 0 Å². The minimum atomic E-state index is -0.597. The molecule has 0 spiro atoms. The van der Waals surface area contributed by atoms with E-state index in [1.165, 1.54) is 0 Å². The number of para-hydroxylation sites is 1. The number of carbonyl (C=O) groups excluding carboxylic acids is 3. The molecular weight excluding hydrogens is 486 g/mol. The van der Waals surface area contributed by atoms with Crippen LogP contribution in [0.4, 0.5) is 4.79 Å². The number of ketones is 1. The number of hydrogen-bond donors (Lipinski definition) is 2. The number of rotatable bonds is 7. The summed E-state index contributed by atoms with van der Waals surface area (Å²) in [5, 5.41) is 3.22. The maximum atomic E-state index is 13.8. The van der Waals surface area contributed by atoms with Gasteiger partial charge >= 0.3 is 6.09 Å². The molecule has 2 amide bonds. The lowest BCUT2D eigenvalue weighted by atomic mass is 9.78. The second kappa shape index (κ2) is 12.5. The smallest absolute Gasteiger partial charge is 0.410 e. The number of nitrogens with one attached hydrogen (secondary N) is 1. The van der Waals surface area contributed by atoms with Gasteiger partial charge in [-0.25, -0.2) is 4.79 Å². The van der Waals surface area contributed by atoms with E-state index in [1.807, 2.05) is 45.0 Å². The zero-order chi connectivity index (χ0) is 27.3. The summed E-state index contributed by atoms with van der Waals surface area (Å²) in [6.07, 6.45) is 3.21. The number of fused-ring (bicyclic) bond motifs is 1. The molecule has 0 aromatic heterocycles. The quantitative estimate of drug-likeness (QED) is 0.554. The van der Waals surface area contributed by atoms with Crippen LogP contribution in [-0.2, 0) is 19.1 Å². The number of nitrogens with two attached hydrogens (primary N) is 1. The summed E-state index contributed by atoms with van der Waals surface area (Å²) in [5.41, 5.74) is 6.80. The van der Waals surface area contributed by atoms with E-state index in [1.54, 1.807) is 4.90 Å². The van der Waals surface area contributed by atoms with Gasteiger partial charge in [0, 0.05) is 50.6 Å². The first kappa shape index (κ1) is 28.4. The Bertz CT molecular complexity index is 979. The third-order valence-electron chi connectivity index (χ3n) is 7.94. The van der Waals surface area contributed by atoms with E-state index in [-0.39, 0.29) is 42.1 Å². The molecule has 9 nitrogen and oxygen atoms in total. The summed E-state index contributed by atoms with van der Waals surface area (Å²) in [6.45, 7) is 8.27. The van der Waals surface area contributed by atoms with E-state index < -0.39 is 17.6 Å². The number of carbonyl (C=O) groups is 3. The Hall–Kier alpha value is -2.65. The summed E-state index contributed by atoms with van der Waals surface area (Å²) < 4.78 is 16.7. The molecule has 0 unspecified atom stereocenters. The van der Waals surface area contributed by atoms with Crippen LogP contribution in [0.2, 0.25) is 0 Å². The van der Waals surface area contributed by atoms with Gasteiger partial charge in [0.15, 0.2) is 5.78 Å². The van der Waals surface area contributed by atoms with Crippen LogP contribution in [0.1, 0.15) is 70.9 Å². The van der Waals surface area contributed by atoms with Crippen molar-refractivity contribution >= 4 is 17.8 Å². The van der Waals surface area contributed by atoms with Crippen LogP contribution in [0.15, 0.2) is 24.3 Å². The molecule has 0 radical (unpaired) electrons. The molecule has 3 heterocycles. The van der Waals surface area contributed by atoms with Crippen molar-refractivity contribution < 1.29 is 28.6 Å². The standard InChI is InChI=1S/C29H43N3O6/c1-29(2,3)38-28(35)32-13-8-19(9-14-32)22(18-24(33)26(30)20-10-15-36-16-11-20)27(34)31-23-12-17-37-25-7-5-4-6-21(23)25/h4-7,19-20,22-23,26H,8-18,30H2,1-3H3,(H,31,34)/t22-,23+,26-/m0/s1. The number of nitrogens with zero attached hydrogens (tertiary/aromatic N) is 1. The van der Waals surface area contributed by atoms with E-state index >= 15 is 0 Å². The molecule has 210 valence electrons. The lowest BCUT2D eigenvalue weighted by Crippen LogP contribution is -2.48. The van der Waals surface area contributed by atoms with Crippen LogP contribution in [0.3, 0.4) is 0 Å². The van der Waals surface area contributed by atoms with Crippen LogP contribution < -0.4 is 15.8 Å². The highest BCUT2D eigenvalue weighted by molar-refractivity contribution is 5.90. The van der Waals surface area contributed by atoms with Gasteiger partial charge in [0.25, 0.3) is 0 Å². The van der Waals surface area contributed by atoms with Crippen molar-refractivity contribution in [2.45, 2.75) is 77.0 Å². The largest absolute Gasteiger partial charge is 0.493 e. The van der Waals surface area contributed by atoms with Crippen molar-refractivity contribution in [3.8, 4) is 5.75 Å². The molecule has 1 aromatic rings. The van der Waals surface area contributed by atoms with E-state index in [4.69, 9.17) is 19.9 Å². The summed E-state index contributed by atoms with van der Waals surface area (Å²) in [7, 11) is 0. The molecule has 2 saturated heterocycles. The van der Waals surface area contributed by atoms with E-state index in [0.717, 1.165) is 24.2 Å². The van der Waals surface area contributed by atoms with Crippen molar-refractivity contribution in [1.82, 2.24) is 10.2 Å². The van der Waals surface area contributed by atoms with E-state index in [2.05, 4.69) is 5.32 Å². The van der Waals surface area contributed by atoms with Gasteiger partial charge in [-0.1, -0.05) is 18.2 Å². The second-order valence-electron chi connectivity index (χ2n) is 11.8. The minimum Gasteiger partial charge on any atom is -0.493 e. The SMILES string of the molecule is CC(C)(C)OC(=O)N1CCC([C@H](CC(=O)[C@@H](N)C2CCOCC2)C(=O)N[C@@H]2CCOc3ccccc32)CC1. The predicted octanol–water partition coefficient (Wildman–Crippen LogP) is 3.60. The molecule has 4 rings (SSSR count). The average Bonchev–Trinajstić information content (AvgIpc) is 2.91. The van der Waals surface area contributed by atoms with Gasteiger partial charge in [-0.2, -0.15) is 0 Å². The van der Waals surface area contributed by atoms with Crippen molar-refractivity contribution in [1.29, 1.82) is 0 Å². The first-order chi connectivity index (χ1) is 18.1. The molecule has 3 aliphatic rings. The Kier molecular flexibility index (Phi) is 9.31. The maximum Gasteiger partial charge on any atom is 0.410 e. The van der Waals surface area contributed by atoms with Crippen molar-refractivity contribution in [3.63, 3.8) is 0 Å². The molecule has 9 heteroatoms. The van der Waals surface area contributed by atoms with Crippen molar-refractivity contribution in [2.75, 3.05) is 32.9 Å². The first-order valence-corrected chi connectivity index (χ1v) is 14.0. The summed E-state index contributed by atoms with van der Waals surface area (Å²) in [4.78, 5) is 41.4. The second-order valence-corrected chi connectivity index (χ2v) is 11.8. The molecule has 3 atom stereocenters. The third-order valence-corrected chi connectivity index (χ3v) is 7.94. The zero-order valence-electron chi connectivity index (χ0n) is 22.9. The minimum absolute atomic E-state index is 0.0328. The molecular formula is C29H43N3O6. The predicted molar refractivity (Wildman–Crippen MR) is 143 cm³/mol. The molecule has 1 aromatic carbocycles. The topological polar surface area (TPSA) is 120 Å². The highest BCUT2D eigenvalue weighted by atomic mass is 16.6. The number of hydrogen-bond acceptors (Lipinski definition) is 7. The molecule has 0 saturated carbocycles. The van der Waals surface area contributed by atoms with Gasteiger partial charge in [0.2, 0.25) is 5.91 Å². The molecule has 0 aliphatic carbocycles. The van der Waals surface area contributed by atoms with Gasteiger partial charge in [-0.15, -0.1) is 0 Å². The van der Waals surface area contributed by atoms with Gasteiger partial charge < -0.3 is 30.2 Å². The zero-order valence-corrected chi connectivity index (χ0v) is 22.9. The number of amides is 2. The van der Waals surface area contributed by atoms with Gasteiger partial charge in [-0.05, 0) is 64.4 Å². The highest BCUT2D eigenvalue weighted by Gasteiger charge is 2.38. The van der Waals surface area contributed by atoms with Crippen molar-refractivity contribution in [2.24, 2.45) is 23.5 Å². The van der Waals surface area contributed by atoms with Crippen molar-refractivity contribution in [3.05, 3.63) is 29.8 Å². The Morgan fingerprint density at radius 1 is 1.03 bits per heavy atom. The summed E-state index contributed by atoms with van der Waals surface area (Å²) in [6, 6.07) is 6.97. The molecule has 0 bridgehead atoms.